The molecule has 5 heteroatoms. The van der Waals surface area contributed by atoms with Gasteiger partial charge in [-0.15, -0.1) is 0 Å². The van der Waals surface area contributed by atoms with Crippen LogP contribution >= 0.6 is 0 Å². The highest BCUT2D eigenvalue weighted by Gasteiger charge is 2.36. The van der Waals surface area contributed by atoms with E-state index in [0.717, 1.165) is 0 Å². The van der Waals surface area contributed by atoms with Gasteiger partial charge in [-0.05, 0) is 19.9 Å². The monoisotopic (exact) mass is 193 g/mol. The van der Waals surface area contributed by atoms with Crippen molar-refractivity contribution in [2.45, 2.75) is 18.4 Å². The molecule has 0 amide bonds. The number of rotatable bonds is 2. The van der Waals surface area contributed by atoms with Crippen LogP contribution in [0.5, 0.6) is 0 Å². The third-order valence-electron chi connectivity index (χ3n) is 2.09. The van der Waals surface area contributed by atoms with E-state index in [0.29, 0.717) is 19.4 Å². The van der Waals surface area contributed by atoms with Crippen molar-refractivity contribution in [2.24, 2.45) is 0 Å². The van der Waals surface area contributed by atoms with Crippen molar-refractivity contribution in [3.63, 3.8) is 0 Å². The van der Waals surface area contributed by atoms with Gasteiger partial charge in [0.15, 0.2) is 9.84 Å². The van der Waals surface area contributed by atoms with E-state index >= 15 is 0 Å². The Kier molecular flexibility index (Phi) is 2.75. The summed E-state index contributed by atoms with van der Waals surface area (Å²) in [7, 11) is -1.30. The lowest BCUT2D eigenvalue weighted by molar-refractivity contribution is 0.0518. The summed E-state index contributed by atoms with van der Waals surface area (Å²) in [6, 6.07) is 0. The minimum atomic E-state index is -3.00. The maximum Gasteiger partial charge on any atom is 0.153 e. The van der Waals surface area contributed by atoms with Crippen molar-refractivity contribution >= 4 is 9.84 Å². The Morgan fingerprint density at radius 2 is 2.25 bits per heavy atom. The van der Waals surface area contributed by atoms with Gasteiger partial charge in [0.25, 0.3) is 0 Å². The minimum absolute atomic E-state index is 0.0964. The number of hydrogen-bond acceptors (Lipinski definition) is 4. The molecule has 1 atom stereocenters. The first kappa shape index (κ1) is 9.95. The predicted molar refractivity (Wildman–Crippen MR) is 46.8 cm³/mol. The number of aliphatic hydroxyl groups is 1. The Hall–Kier alpha value is -0.130. The van der Waals surface area contributed by atoms with Crippen molar-refractivity contribution in [2.75, 3.05) is 25.1 Å². The Morgan fingerprint density at radius 1 is 1.58 bits per heavy atom. The maximum atomic E-state index is 11.2. The molecule has 0 bridgehead atoms. The Labute approximate surface area is 72.9 Å². The van der Waals surface area contributed by atoms with Crippen LogP contribution in [-0.2, 0) is 9.84 Å². The minimum Gasteiger partial charge on any atom is -0.388 e. The van der Waals surface area contributed by atoms with Crippen LogP contribution in [-0.4, -0.2) is 44.2 Å². The van der Waals surface area contributed by atoms with Gasteiger partial charge >= 0.3 is 0 Å². The van der Waals surface area contributed by atoms with E-state index < -0.39 is 15.4 Å². The van der Waals surface area contributed by atoms with Crippen LogP contribution in [0.4, 0.5) is 0 Å². The zero-order valence-electron chi connectivity index (χ0n) is 7.21. The molecule has 72 valence electrons. The predicted octanol–water partition coefficient (Wildman–Crippen LogP) is -0.854. The van der Waals surface area contributed by atoms with Crippen LogP contribution in [0.2, 0.25) is 0 Å². The summed E-state index contributed by atoms with van der Waals surface area (Å²) in [6.45, 7) is 0.353. The Balaban J connectivity index is 2.68. The van der Waals surface area contributed by atoms with Gasteiger partial charge in [-0.25, -0.2) is 8.42 Å². The van der Waals surface area contributed by atoms with E-state index in [1.54, 1.807) is 7.05 Å². The highest BCUT2D eigenvalue weighted by atomic mass is 32.2. The number of nitrogens with one attached hydrogen (secondary N) is 1. The van der Waals surface area contributed by atoms with Gasteiger partial charge in [0, 0.05) is 6.54 Å². The number of sulfone groups is 1. The number of likely N-dealkylation sites (N-methyl/N-ethyl adjacent to an activating group) is 1. The Bertz CT molecular complexity index is 245. The third-order valence-corrected chi connectivity index (χ3v) is 3.98. The summed E-state index contributed by atoms with van der Waals surface area (Å²) in [5.74, 6) is 0.125. The lowest BCUT2D eigenvalue weighted by Gasteiger charge is -2.31. The molecule has 0 saturated carbocycles. The standard InChI is InChI=1S/C7H15NO3S/c1-8-5-7(9)3-2-4-12(10,11)6-7/h8-9H,2-6H2,1H3. The van der Waals surface area contributed by atoms with Crippen molar-refractivity contribution in [1.29, 1.82) is 0 Å². The van der Waals surface area contributed by atoms with Crippen LogP contribution in [0.3, 0.4) is 0 Å². The quantitative estimate of drug-likeness (QED) is 0.599. The average molecular weight is 193 g/mol. The smallest absolute Gasteiger partial charge is 0.153 e. The topological polar surface area (TPSA) is 66.4 Å². The molecule has 1 fully saturated rings. The van der Waals surface area contributed by atoms with Crippen LogP contribution in [0.25, 0.3) is 0 Å². The Morgan fingerprint density at radius 3 is 2.75 bits per heavy atom. The molecular formula is C7H15NO3S. The highest BCUT2D eigenvalue weighted by molar-refractivity contribution is 7.91. The van der Waals surface area contributed by atoms with Crippen molar-refractivity contribution in [3.8, 4) is 0 Å². The third kappa shape index (κ3) is 2.43. The molecule has 1 aliphatic rings. The lowest BCUT2D eigenvalue weighted by atomic mass is 10.0. The molecule has 0 aromatic heterocycles. The molecule has 0 aliphatic carbocycles. The molecular weight excluding hydrogens is 178 g/mol. The molecule has 1 heterocycles. The maximum absolute atomic E-state index is 11.2. The van der Waals surface area contributed by atoms with Crippen LogP contribution in [0.15, 0.2) is 0 Å². The lowest BCUT2D eigenvalue weighted by Crippen LogP contribution is -2.48. The molecule has 1 saturated heterocycles. The first-order valence-corrected chi connectivity index (χ1v) is 5.87. The molecule has 12 heavy (non-hydrogen) atoms. The van der Waals surface area contributed by atoms with Gasteiger partial charge in [0.2, 0.25) is 0 Å². The fourth-order valence-electron chi connectivity index (χ4n) is 1.64. The summed E-state index contributed by atoms with van der Waals surface area (Å²) in [5, 5.41) is 12.6. The van der Waals surface area contributed by atoms with Gasteiger partial charge < -0.3 is 10.4 Å². The van der Waals surface area contributed by atoms with E-state index in [9.17, 15) is 13.5 Å². The molecule has 4 nitrogen and oxygen atoms in total. The molecule has 0 aromatic carbocycles. The molecule has 1 rings (SSSR count). The summed E-state index contributed by atoms with van der Waals surface area (Å²) in [4.78, 5) is 0. The molecule has 1 unspecified atom stereocenters. The van der Waals surface area contributed by atoms with E-state index in [2.05, 4.69) is 5.32 Å². The van der Waals surface area contributed by atoms with Gasteiger partial charge in [-0.2, -0.15) is 0 Å². The summed E-state index contributed by atoms with van der Waals surface area (Å²) in [5.41, 5.74) is -1.04. The zero-order valence-corrected chi connectivity index (χ0v) is 8.02. The van der Waals surface area contributed by atoms with Crippen molar-refractivity contribution in [1.82, 2.24) is 5.32 Å². The molecule has 2 N–H and O–H groups in total. The SMILES string of the molecule is CNCC1(O)CCCS(=O)(=O)C1. The normalized spacial score (nSPS) is 34.8. The molecule has 1 aliphatic heterocycles. The van der Waals surface area contributed by atoms with Crippen LogP contribution in [0, 0.1) is 0 Å². The van der Waals surface area contributed by atoms with Gasteiger partial charge in [0.1, 0.15) is 0 Å². The average Bonchev–Trinajstić information content (AvgIpc) is 1.83. The van der Waals surface area contributed by atoms with Crippen LogP contribution < -0.4 is 5.32 Å². The van der Waals surface area contributed by atoms with Gasteiger partial charge in [-0.3, -0.25) is 0 Å². The number of hydrogen-bond donors (Lipinski definition) is 2. The summed E-state index contributed by atoms with van der Waals surface area (Å²) < 4.78 is 22.3. The van der Waals surface area contributed by atoms with Crippen LogP contribution in [0.1, 0.15) is 12.8 Å². The van der Waals surface area contributed by atoms with E-state index in [-0.39, 0.29) is 11.5 Å². The van der Waals surface area contributed by atoms with E-state index in [1.807, 2.05) is 0 Å². The van der Waals surface area contributed by atoms with E-state index in [1.165, 1.54) is 0 Å². The highest BCUT2D eigenvalue weighted by Crippen LogP contribution is 2.21. The fourth-order valence-corrected chi connectivity index (χ4v) is 3.44. The first-order chi connectivity index (χ1) is 5.47. The van der Waals surface area contributed by atoms with Crippen molar-refractivity contribution < 1.29 is 13.5 Å². The van der Waals surface area contributed by atoms with E-state index in [4.69, 9.17) is 0 Å². The van der Waals surface area contributed by atoms with Gasteiger partial charge in [-0.1, -0.05) is 0 Å². The van der Waals surface area contributed by atoms with Crippen molar-refractivity contribution in [3.05, 3.63) is 0 Å². The second kappa shape index (κ2) is 3.32. The van der Waals surface area contributed by atoms with Gasteiger partial charge in [0.05, 0.1) is 17.1 Å². The second-order valence-corrected chi connectivity index (χ2v) is 5.63. The summed E-state index contributed by atoms with van der Waals surface area (Å²) >= 11 is 0. The largest absolute Gasteiger partial charge is 0.388 e. The molecule has 0 spiro atoms. The second-order valence-electron chi connectivity index (χ2n) is 3.45. The summed E-state index contributed by atoms with van der Waals surface area (Å²) in [6.07, 6.45) is 1.15. The fraction of sp³-hybridized carbons (Fsp3) is 1.00. The zero-order chi connectivity index (χ0) is 9.24. The molecule has 0 radical (unpaired) electrons. The first-order valence-electron chi connectivity index (χ1n) is 4.05. The molecule has 0 aromatic rings.